The molecule has 0 saturated heterocycles. The van der Waals surface area contributed by atoms with Crippen molar-refractivity contribution in [3.05, 3.63) is 58.4 Å². The minimum absolute atomic E-state index is 0.151. The summed E-state index contributed by atoms with van der Waals surface area (Å²) in [6.07, 6.45) is 0.945. The first-order valence-electron chi connectivity index (χ1n) is 6.16. The molecule has 3 rings (SSSR count). The number of anilines is 1. The van der Waals surface area contributed by atoms with Crippen molar-refractivity contribution >= 4 is 17.3 Å². The van der Waals surface area contributed by atoms with Gasteiger partial charge in [-0.15, -0.1) is 0 Å². The van der Waals surface area contributed by atoms with Crippen molar-refractivity contribution in [2.75, 3.05) is 11.9 Å². The molecule has 2 aromatic rings. The highest BCUT2D eigenvalue weighted by Crippen LogP contribution is 2.28. The highest BCUT2D eigenvalue weighted by Gasteiger charge is 2.11. The Morgan fingerprint density at radius 1 is 1.21 bits per heavy atom. The lowest BCUT2D eigenvalue weighted by molar-refractivity contribution is 0.357. The zero-order valence-corrected chi connectivity index (χ0v) is 11.0. The van der Waals surface area contributed by atoms with E-state index in [1.807, 2.05) is 18.2 Å². The van der Waals surface area contributed by atoms with Crippen LogP contribution in [-0.4, -0.2) is 6.61 Å². The average molecular weight is 278 g/mol. The number of rotatable bonds is 3. The quantitative estimate of drug-likeness (QED) is 0.915. The van der Waals surface area contributed by atoms with Crippen LogP contribution in [0.5, 0.6) is 5.75 Å². The zero-order valence-electron chi connectivity index (χ0n) is 10.2. The number of hydrogen-bond acceptors (Lipinski definition) is 2. The first kappa shape index (κ1) is 12.3. The molecule has 4 heteroatoms. The minimum atomic E-state index is -0.386. The number of fused-ring (bicyclic) bond motifs is 1. The fourth-order valence-electron chi connectivity index (χ4n) is 2.15. The highest BCUT2D eigenvalue weighted by molar-refractivity contribution is 6.30. The average Bonchev–Trinajstić information content (AvgIpc) is 2.87. The molecule has 2 aromatic carbocycles. The predicted molar refractivity (Wildman–Crippen MR) is 74.4 cm³/mol. The van der Waals surface area contributed by atoms with Crippen molar-refractivity contribution in [3.8, 4) is 5.75 Å². The number of hydrogen-bond donors (Lipinski definition) is 1. The summed E-state index contributed by atoms with van der Waals surface area (Å²) in [6, 6.07) is 10.9. The minimum Gasteiger partial charge on any atom is -0.493 e. The van der Waals surface area contributed by atoms with E-state index in [1.54, 1.807) is 6.07 Å². The molecule has 2 nitrogen and oxygen atoms in total. The second-order valence-corrected chi connectivity index (χ2v) is 4.93. The Bertz CT molecular complexity index is 615. The van der Waals surface area contributed by atoms with Crippen LogP contribution >= 0.6 is 11.6 Å². The SMILES string of the molecule is Fc1cc(CNc2ccc3c(c2)CCO3)ccc1Cl. The summed E-state index contributed by atoms with van der Waals surface area (Å²) in [4.78, 5) is 0. The molecule has 0 bridgehead atoms. The van der Waals surface area contributed by atoms with Crippen LogP contribution in [0, 0.1) is 5.82 Å². The maximum absolute atomic E-state index is 13.3. The van der Waals surface area contributed by atoms with Gasteiger partial charge in [0.1, 0.15) is 11.6 Å². The topological polar surface area (TPSA) is 21.3 Å². The van der Waals surface area contributed by atoms with E-state index in [1.165, 1.54) is 11.6 Å². The van der Waals surface area contributed by atoms with Gasteiger partial charge in [0.05, 0.1) is 11.6 Å². The molecule has 1 N–H and O–H groups in total. The Morgan fingerprint density at radius 3 is 2.95 bits per heavy atom. The fourth-order valence-corrected chi connectivity index (χ4v) is 2.27. The van der Waals surface area contributed by atoms with Crippen LogP contribution < -0.4 is 10.1 Å². The molecule has 1 heterocycles. The van der Waals surface area contributed by atoms with Crippen molar-refractivity contribution in [2.24, 2.45) is 0 Å². The lowest BCUT2D eigenvalue weighted by Gasteiger charge is -2.08. The van der Waals surface area contributed by atoms with E-state index in [9.17, 15) is 4.39 Å². The van der Waals surface area contributed by atoms with Crippen LogP contribution in [0.2, 0.25) is 5.02 Å². The number of ether oxygens (including phenoxy) is 1. The molecule has 98 valence electrons. The van der Waals surface area contributed by atoms with Gasteiger partial charge in [0, 0.05) is 18.7 Å². The summed E-state index contributed by atoms with van der Waals surface area (Å²) in [5.74, 6) is 0.575. The van der Waals surface area contributed by atoms with Gasteiger partial charge in [-0.3, -0.25) is 0 Å². The summed E-state index contributed by atoms with van der Waals surface area (Å²) < 4.78 is 18.8. The monoisotopic (exact) mass is 277 g/mol. The van der Waals surface area contributed by atoms with Crippen molar-refractivity contribution in [1.82, 2.24) is 0 Å². The Hall–Kier alpha value is -1.74. The van der Waals surface area contributed by atoms with E-state index in [0.29, 0.717) is 6.54 Å². The van der Waals surface area contributed by atoms with Crippen molar-refractivity contribution in [3.63, 3.8) is 0 Å². The molecular weight excluding hydrogens is 265 g/mol. The van der Waals surface area contributed by atoms with Gasteiger partial charge in [0.15, 0.2) is 0 Å². The molecular formula is C15H13ClFNO. The van der Waals surface area contributed by atoms with Gasteiger partial charge in [-0.25, -0.2) is 4.39 Å². The molecule has 0 saturated carbocycles. The van der Waals surface area contributed by atoms with Crippen LogP contribution in [0.15, 0.2) is 36.4 Å². The van der Waals surface area contributed by atoms with Gasteiger partial charge in [-0.2, -0.15) is 0 Å². The Morgan fingerprint density at radius 2 is 2.11 bits per heavy atom. The predicted octanol–water partition coefficient (Wildman–Crippen LogP) is 4.03. The van der Waals surface area contributed by atoms with Gasteiger partial charge < -0.3 is 10.1 Å². The van der Waals surface area contributed by atoms with Crippen molar-refractivity contribution in [2.45, 2.75) is 13.0 Å². The van der Waals surface area contributed by atoms with Crippen molar-refractivity contribution in [1.29, 1.82) is 0 Å². The first-order chi connectivity index (χ1) is 9.22. The van der Waals surface area contributed by atoms with E-state index >= 15 is 0 Å². The third kappa shape index (κ3) is 2.66. The molecule has 0 aromatic heterocycles. The van der Waals surface area contributed by atoms with E-state index in [0.717, 1.165) is 30.0 Å². The molecule has 0 radical (unpaired) electrons. The smallest absolute Gasteiger partial charge is 0.142 e. The Kier molecular flexibility index (Phi) is 3.30. The normalized spacial score (nSPS) is 12.9. The maximum Gasteiger partial charge on any atom is 0.142 e. The summed E-state index contributed by atoms with van der Waals surface area (Å²) in [7, 11) is 0. The van der Waals surface area contributed by atoms with E-state index in [4.69, 9.17) is 16.3 Å². The largest absolute Gasteiger partial charge is 0.493 e. The highest BCUT2D eigenvalue weighted by atomic mass is 35.5. The molecule has 1 aliphatic heterocycles. The molecule has 1 aliphatic rings. The standard InChI is InChI=1S/C15H13ClFNO/c16-13-3-1-10(7-14(13)17)9-18-12-2-4-15-11(8-12)5-6-19-15/h1-4,7-8,18H,5-6,9H2. The van der Waals surface area contributed by atoms with Gasteiger partial charge in [0.2, 0.25) is 0 Å². The Balaban J connectivity index is 1.70. The Labute approximate surface area is 116 Å². The van der Waals surface area contributed by atoms with E-state index in [2.05, 4.69) is 11.4 Å². The van der Waals surface area contributed by atoms with Gasteiger partial charge in [0.25, 0.3) is 0 Å². The molecule has 0 unspecified atom stereocenters. The van der Waals surface area contributed by atoms with Crippen LogP contribution in [-0.2, 0) is 13.0 Å². The van der Waals surface area contributed by atoms with Crippen LogP contribution in [0.1, 0.15) is 11.1 Å². The molecule has 0 fully saturated rings. The number of benzene rings is 2. The molecule has 19 heavy (non-hydrogen) atoms. The lowest BCUT2D eigenvalue weighted by atomic mass is 10.1. The van der Waals surface area contributed by atoms with Gasteiger partial charge >= 0.3 is 0 Å². The summed E-state index contributed by atoms with van der Waals surface area (Å²) in [5.41, 5.74) is 3.09. The third-order valence-corrected chi connectivity index (χ3v) is 3.48. The van der Waals surface area contributed by atoms with Crippen LogP contribution in [0.25, 0.3) is 0 Å². The summed E-state index contributed by atoms with van der Waals surface area (Å²) in [6.45, 7) is 1.31. The van der Waals surface area contributed by atoms with E-state index < -0.39 is 0 Å². The zero-order chi connectivity index (χ0) is 13.2. The number of nitrogens with one attached hydrogen (secondary N) is 1. The van der Waals surface area contributed by atoms with Gasteiger partial charge in [-0.1, -0.05) is 17.7 Å². The van der Waals surface area contributed by atoms with Crippen LogP contribution in [0.3, 0.4) is 0 Å². The third-order valence-electron chi connectivity index (χ3n) is 3.17. The maximum atomic E-state index is 13.3. The summed E-state index contributed by atoms with van der Waals surface area (Å²) >= 11 is 5.65. The number of halogens is 2. The molecule has 0 amide bonds. The molecule has 0 atom stereocenters. The van der Waals surface area contributed by atoms with E-state index in [-0.39, 0.29) is 10.8 Å². The van der Waals surface area contributed by atoms with Crippen molar-refractivity contribution < 1.29 is 9.13 Å². The van der Waals surface area contributed by atoms with Crippen LogP contribution in [0.4, 0.5) is 10.1 Å². The van der Waals surface area contributed by atoms with Gasteiger partial charge in [-0.05, 0) is 41.5 Å². The lowest BCUT2D eigenvalue weighted by Crippen LogP contribution is -2.00. The fraction of sp³-hybridized carbons (Fsp3) is 0.200. The molecule has 0 aliphatic carbocycles. The second kappa shape index (κ2) is 5.10. The second-order valence-electron chi connectivity index (χ2n) is 4.52. The first-order valence-corrected chi connectivity index (χ1v) is 6.54. The molecule has 0 spiro atoms. The summed E-state index contributed by atoms with van der Waals surface area (Å²) in [5, 5.41) is 3.42.